The van der Waals surface area contributed by atoms with Crippen molar-refractivity contribution in [2.75, 3.05) is 23.7 Å². The monoisotopic (exact) mass is 357 g/mol. The zero-order valence-corrected chi connectivity index (χ0v) is 14.8. The third kappa shape index (κ3) is 2.76. The fourth-order valence-corrected chi connectivity index (χ4v) is 4.68. The number of aromatic nitrogens is 2. The standard InChI is InChI=1S/C18H20FN5S/c1-2-15-14(19)8-21-17(22-15)24-9-13-10-25-16(20)23-18(13,11-24)12-6-4-3-5-7-12/h3-8,13H,2,9-11H2,1H3,(H2,20,23)/t13-,18+/m0/s1. The van der Waals surface area contributed by atoms with Gasteiger partial charge >= 0.3 is 0 Å². The molecule has 2 aliphatic rings. The lowest BCUT2D eigenvalue weighted by Gasteiger charge is -2.34. The number of nitrogens with two attached hydrogens (primary N) is 1. The highest BCUT2D eigenvalue weighted by Crippen LogP contribution is 2.45. The molecule has 3 heterocycles. The molecule has 7 heteroatoms. The fraction of sp³-hybridized carbons (Fsp3) is 0.389. The van der Waals surface area contributed by atoms with E-state index in [1.165, 1.54) is 6.20 Å². The number of benzene rings is 1. The number of amidine groups is 1. The molecule has 1 aromatic heterocycles. The minimum Gasteiger partial charge on any atom is -0.379 e. The lowest BCUT2D eigenvalue weighted by atomic mass is 9.82. The molecule has 0 amide bonds. The molecule has 2 N–H and O–H groups in total. The Morgan fingerprint density at radius 1 is 1.36 bits per heavy atom. The molecule has 0 bridgehead atoms. The van der Waals surface area contributed by atoms with Crippen LogP contribution in [0.3, 0.4) is 0 Å². The minimum atomic E-state index is -0.388. The lowest BCUT2D eigenvalue weighted by molar-refractivity contribution is 0.387. The van der Waals surface area contributed by atoms with Crippen LogP contribution in [0.1, 0.15) is 18.2 Å². The molecule has 4 rings (SSSR count). The van der Waals surface area contributed by atoms with Crippen molar-refractivity contribution in [3.8, 4) is 0 Å². The number of anilines is 1. The molecule has 0 unspecified atom stereocenters. The molecular formula is C18H20FN5S. The van der Waals surface area contributed by atoms with E-state index in [0.29, 0.717) is 35.7 Å². The highest BCUT2D eigenvalue weighted by Gasteiger charge is 2.50. The Kier molecular flexibility index (Phi) is 4.11. The van der Waals surface area contributed by atoms with Gasteiger partial charge in [0.1, 0.15) is 5.54 Å². The quantitative estimate of drug-likeness (QED) is 0.914. The van der Waals surface area contributed by atoms with Gasteiger partial charge in [-0.25, -0.2) is 19.4 Å². The highest BCUT2D eigenvalue weighted by atomic mass is 32.2. The molecule has 1 fully saturated rings. The summed E-state index contributed by atoms with van der Waals surface area (Å²) < 4.78 is 13.8. The van der Waals surface area contributed by atoms with Gasteiger partial charge in [0, 0.05) is 18.2 Å². The summed E-state index contributed by atoms with van der Waals surface area (Å²) in [5.41, 5.74) is 7.29. The smallest absolute Gasteiger partial charge is 0.225 e. The van der Waals surface area contributed by atoms with E-state index in [-0.39, 0.29) is 11.4 Å². The number of fused-ring (bicyclic) bond motifs is 1. The summed E-state index contributed by atoms with van der Waals surface area (Å²) in [4.78, 5) is 15.6. The molecule has 2 aliphatic heterocycles. The van der Waals surface area contributed by atoms with E-state index in [9.17, 15) is 4.39 Å². The van der Waals surface area contributed by atoms with Crippen molar-refractivity contribution < 1.29 is 4.39 Å². The molecule has 130 valence electrons. The molecule has 1 saturated heterocycles. The number of aliphatic imine (C=N–C) groups is 1. The van der Waals surface area contributed by atoms with Gasteiger partial charge in [-0.15, -0.1) is 0 Å². The van der Waals surface area contributed by atoms with Crippen LogP contribution in [0.4, 0.5) is 10.3 Å². The number of halogens is 1. The van der Waals surface area contributed by atoms with E-state index in [1.54, 1.807) is 11.8 Å². The molecule has 2 atom stereocenters. The Balaban J connectivity index is 1.74. The fourth-order valence-electron chi connectivity index (χ4n) is 3.70. The average Bonchev–Trinajstić information content (AvgIpc) is 3.03. The SMILES string of the molecule is CCc1nc(N2C[C@H]3CSC(N)=N[C@@]3(c3ccccc3)C2)ncc1F. The number of thioether (sulfide) groups is 1. The van der Waals surface area contributed by atoms with Crippen LogP contribution in [0.2, 0.25) is 0 Å². The zero-order chi connectivity index (χ0) is 17.4. The van der Waals surface area contributed by atoms with E-state index in [2.05, 4.69) is 27.0 Å². The van der Waals surface area contributed by atoms with Gasteiger partial charge in [0.2, 0.25) is 5.95 Å². The molecule has 5 nitrogen and oxygen atoms in total. The Morgan fingerprint density at radius 2 is 2.16 bits per heavy atom. The Bertz CT molecular complexity index is 812. The lowest BCUT2D eigenvalue weighted by Crippen LogP contribution is -2.40. The minimum absolute atomic E-state index is 0.311. The summed E-state index contributed by atoms with van der Waals surface area (Å²) in [6.07, 6.45) is 1.81. The van der Waals surface area contributed by atoms with Crippen molar-refractivity contribution in [1.82, 2.24) is 9.97 Å². The van der Waals surface area contributed by atoms with Crippen LogP contribution in [0.5, 0.6) is 0 Å². The molecule has 0 radical (unpaired) electrons. The predicted octanol–water partition coefficient (Wildman–Crippen LogP) is 2.57. The van der Waals surface area contributed by atoms with Crippen LogP contribution in [-0.2, 0) is 12.0 Å². The first-order chi connectivity index (χ1) is 12.1. The maximum absolute atomic E-state index is 13.8. The first kappa shape index (κ1) is 16.3. The molecule has 0 spiro atoms. The Labute approximate surface area is 150 Å². The topological polar surface area (TPSA) is 67.4 Å². The van der Waals surface area contributed by atoms with E-state index in [4.69, 9.17) is 10.7 Å². The van der Waals surface area contributed by atoms with Crippen LogP contribution in [-0.4, -0.2) is 34.0 Å². The number of nitrogens with zero attached hydrogens (tertiary/aromatic N) is 4. The number of aryl methyl sites for hydroxylation is 1. The van der Waals surface area contributed by atoms with Gasteiger partial charge in [0.25, 0.3) is 0 Å². The van der Waals surface area contributed by atoms with Crippen molar-refractivity contribution in [3.63, 3.8) is 0 Å². The van der Waals surface area contributed by atoms with E-state index < -0.39 is 0 Å². The zero-order valence-electron chi connectivity index (χ0n) is 14.0. The van der Waals surface area contributed by atoms with Gasteiger partial charge in [0.05, 0.1) is 18.4 Å². The maximum atomic E-state index is 13.8. The van der Waals surface area contributed by atoms with Crippen molar-refractivity contribution in [1.29, 1.82) is 0 Å². The largest absolute Gasteiger partial charge is 0.379 e. The van der Waals surface area contributed by atoms with Crippen molar-refractivity contribution in [2.45, 2.75) is 18.9 Å². The van der Waals surface area contributed by atoms with Crippen LogP contribution in [0, 0.1) is 11.7 Å². The molecule has 1 aromatic carbocycles. The van der Waals surface area contributed by atoms with Crippen LogP contribution >= 0.6 is 11.8 Å². The summed E-state index contributed by atoms with van der Waals surface area (Å²) in [6.45, 7) is 3.33. The van der Waals surface area contributed by atoms with Gasteiger partial charge in [-0.1, -0.05) is 49.0 Å². The van der Waals surface area contributed by atoms with Crippen LogP contribution in [0.15, 0.2) is 41.5 Å². The molecule has 0 aliphatic carbocycles. The summed E-state index contributed by atoms with van der Waals surface area (Å²) >= 11 is 1.60. The molecular weight excluding hydrogens is 337 g/mol. The summed E-state index contributed by atoms with van der Waals surface area (Å²) in [6, 6.07) is 10.3. The van der Waals surface area contributed by atoms with Gasteiger partial charge in [-0.3, -0.25) is 0 Å². The van der Waals surface area contributed by atoms with Gasteiger partial charge < -0.3 is 10.6 Å². The Morgan fingerprint density at radius 3 is 2.92 bits per heavy atom. The van der Waals surface area contributed by atoms with Gasteiger partial charge in [-0.2, -0.15) is 0 Å². The van der Waals surface area contributed by atoms with Crippen molar-refractivity contribution in [2.24, 2.45) is 16.6 Å². The average molecular weight is 357 g/mol. The first-order valence-electron chi connectivity index (χ1n) is 8.42. The Hall–Kier alpha value is -2.15. The number of hydrogen-bond acceptors (Lipinski definition) is 6. The second-order valence-corrected chi connectivity index (χ2v) is 7.49. The third-order valence-electron chi connectivity index (χ3n) is 4.99. The van der Waals surface area contributed by atoms with E-state index in [1.807, 2.05) is 25.1 Å². The predicted molar refractivity (Wildman–Crippen MR) is 99.3 cm³/mol. The van der Waals surface area contributed by atoms with E-state index >= 15 is 0 Å². The first-order valence-corrected chi connectivity index (χ1v) is 9.41. The van der Waals surface area contributed by atoms with E-state index in [0.717, 1.165) is 17.9 Å². The van der Waals surface area contributed by atoms with Crippen LogP contribution in [0.25, 0.3) is 0 Å². The summed E-state index contributed by atoms with van der Waals surface area (Å²) in [7, 11) is 0. The van der Waals surface area contributed by atoms with Gasteiger partial charge in [0.15, 0.2) is 11.0 Å². The molecule has 0 saturated carbocycles. The second kappa shape index (κ2) is 6.29. The highest BCUT2D eigenvalue weighted by molar-refractivity contribution is 8.13. The van der Waals surface area contributed by atoms with Crippen molar-refractivity contribution >= 4 is 22.9 Å². The van der Waals surface area contributed by atoms with Crippen molar-refractivity contribution in [3.05, 3.63) is 53.6 Å². The molecule has 2 aromatic rings. The normalized spacial score (nSPS) is 25.6. The molecule has 25 heavy (non-hydrogen) atoms. The summed E-state index contributed by atoms with van der Waals surface area (Å²) in [5.74, 6) is 1.44. The summed E-state index contributed by atoms with van der Waals surface area (Å²) in [5, 5.41) is 0.622. The maximum Gasteiger partial charge on any atom is 0.225 e. The van der Waals surface area contributed by atoms with Crippen LogP contribution < -0.4 is 10.6 Å². The van der Waals surface area contributed by atoms with Gasteiger partial charge in [-0.05, 0) is 12.0 Å². The third-order valence-corrected chi connectivity index (χ3v) is 5.94. The second-order valence-electron chi connectivity index (χ2n) is 6.45. The number of hydrogen-bond donors (Lipinski definition) is 1. The number of rotatable bonds is 3.